The Morgan fingerprint density at radius 3 is 2.33 bits per heavy atom. The van der Waals surface area contributed by atoms with Crippen molar-refractivity contribution in [3.63, 3.8) is 0 Å². The molecule has 3 rings (SSSR count). The molecule has 2 aliphatic rings. The third-order valence-corrected chi connectivity index (χ3v) is 4.05. The minimum atomic E-state index is -0.374. The van der Waals surface area contributed by atoms with Gasteiger partial charge in [0.15, 0.2) is 0 Å². The van der Waals surface area contributed by atoms with Crippen molar-refractivity contribution in [3.8, 4) is 0 Å². The van der Waals surface area contributed by atoms with Crippen LogP contribution in [-0.2, 0) is 0 Å². The molecule has 80 valence electrons. The number of rotatable bonds is 2. The van der Waals surface area contributed by atoms with Gasteiger partial charge >= 0.3 is 0 Å². The molecule has 2 saturated carbocycles. The summed E-state index contributed by atoms with van der Waals surface area (Å²) in [5, 5.41) is 10.1. The van der Waals surface area contributed by atoms with Gasteiger partial charge < -0.3 is 5.11 Å². The van der Waals surface area contributed by atoms with E-state index in [1.54, 1.807) is 12.1 Å². The number of fused-ring (bicyclic) bond motifs is 1. The monoisotopic (exact) mass is 206 g/mol. The molecule has 1 nitrogen and oxygen atoms in total. The Morgan fingerprint density at radius 1 is 1.13 bits per heavy atom. The first-order chi connectivity index (χ1) is 7.27. The predicted octanol–water partition coefficient (Wildman–Crippen LogP) is 2.91. The zero-order valence-corrected chi connectivity index (χ0v) is 8.57. The van der Waals surface area contributed by atoms with Crippen molar-refractivity contribution in [2.24, 2.45) is 17.8 Å². The number of aliphatic hydroxyl groups excluding tert-OH is 1. The van der Waals surface area contributed by atoms with Gasteiger partial charge in [-0.15, -0.1) is 0 Å². The lowest BCUT2D eigenvalue weighted by Crippen LogP contribution is -2.04. The highest BCUT2D eigenvalue weighted by Crippen LogP contribution is 2.62. The molecule has 15 heavy (non-hydrogen) atoms. The standard InChI is InChI=1S/C13H15FO/c14-9-6-4-8(5-7-9)13(15)12-10-2-1-3-11(10)12/h4-7,10-13,15H,1-3H2. The zero-order chi connectivity index (χ0) is 10.4. The van der Waals surface area contributed by atoms with Crippen LogP contribution in [0.25, 0.3) is 0 Å². The Balaban J connectivity index is 1.75. The largest absolute Gasteiger partial charge is 0.388 e. The van der Waals surface area contributed by atoms with Crippen molar-refractivity contribution in [3.05, 3.63) is 35.6 Å². The van der Waals surface area contributed by atoms with Gasteiger partial charge in [-0.3, -0.25) is 0 Å². The molecule has 0 spiro atoms. The molecule has 3 unspecified atom stereocenters. The first-order valence-electron chi connectivity index (χ1n) is 5.71. The van der Waals surface area contributed by atoms with Crippen molar-refractivity contribution in [2.75, 3.05) is 0 Å². The summed E-state index contributed by atoms with van der Waals surface area (Å²) in [6, 6.07) is 6.26. The van der Waals surface area contributed by atoms with Crippen LogP contribution in [0.1, 0.15) is 30.9 Å². The maximum atomic E-state index is 12.7. The van der Waals surface area contributed by atoms with E-state index in [0.717, 1.165) is 17.4 Å². The van der Waals surface area contributed by atoms with Crippen LogP contribution >= 0.6 is 0 Å². The highest BCUT2D eigenvalue weighted by Gasteiger charge is 2.55. The first kappa shape index (κ1) is 9.34. The number of halogens is 1. The molecule has 0 radical (unpaired) electrons. The lowest BCUT2D eigenvalue weighted by molar-refractivity contribution is 0.137. The summed E-state index contributed by atoms with van der Waals surface area (Å²) in [4.78, 5) is 0. The maximum absolute atomic E-state index is 12.7. The van der Waals surface area contributed by atoms with Gasteiger partial charge in [0.25, 0.3) is 0 Å². The molecule has 0 saturated heterocycles. The van der Waals surface area contributed by atoms with Crippen LogP contribution < -0.4 is 0 Å². The summed E-state index contributed by atoms with van der Waals surface area (Å²) in [6.45, 7) is 0. The van der Waals surface area contributed by atoms with Crippen molar-refractivity contribution in [2.45, 2.75) is 25.4 Å². The van der Waals surface area contributed by atoms with E-state index in [2.05, 4.69) is 0 Å². The van der Waals surface area contributed by atoms with Gasteiger partial charge in [-0.05, 0) is 48.3 Å². The Morgan fingerprint density at radius 2 is 1.73 bits per heavy atom. The molecule has 3 atom stereocenters. The second-order valence-electron chi connectivity index (χ2n) is 4.83. The van der Waals surface area contributed by atoms with Gasteiger partial charge in [0.2, 0.25) is 0 Å². The summed E-state index contributed by atoms with van der Waals surface area (Å²) in [5.41, 5.74) is 0.871. The Labute approximate surface area is 88.9 Å². The molecular weight excluding hydrogens is 191 g/mol. The smallest absolute Gasteiger partial charge is 0.123 e. The van der Waals surface area contributed by atoms with E-state index in [9.17, 15) is 9.50 Å². The third-order valence-electron chi connectivity index (χ3n) is 4.05. The number of hydrogen-bond acceptors (Lipinski definition) is 1. The van der Waals surface area contributed by atoms with Gasteiger partial charge in [0.1, 0.15) is 5.82 Å². The summed E-state index contributed by atoms with van der Waals surface area (Å²) < 4.78 is 12.7. The molecule has 2 aliphatic carbocycles. The second kappa shape index (κ2) is 3.31. The molecule has 0 heterocycles. The minimum Gasteiger partial charge on any atom is -0.388 e. The van der Waals surface area contributed by atoms with Crippen LogP contribution in [0.15, 0.2) is 24.3 Å². The molecule has 2 fully saturated rings. The molecule has 0 amide bonds. The number of aliphatic hydroxyl groups is 1. The quantitative estimate of drug-likeness (QED) is 0.788. The van der Waals surface area contributed by atoms with Gasteiger partial charge in [0, 0.05) is 0 Å². The fourth-order valence-electron chi connectivity index (χ4n) is 3.23. The summed E-state index contributed by atoms with van der Waals surface area (Å²) in [5.74, 6) is 1.70. The average molecular weight is 206 g/mol. The summed E-state index contributed by atoms with van der Waals surface area (Å²) in [7, 11) is 0. The Bertz CT molecular complexity index is 349. The van der Waals surface area contributed by atoms with Crippen LogP contribution in [0.2, 0.25) is 0 Å². The highest BCUT2D eigenvalue weighted by atomic mass is 19.1. The predicted molar refractivity (Wildman–Crippen MR) is 55.7 cm³/mol. The van der Waals surface area contributed by atoms with E-state index in [-0.39, 0.29) is 11.9 Å². The van der Waals surface area contributed by atoms with Crippen LogP contribution in [0.4, 0.5) is 4.39 Å². The summed E-state index contributed by atoms with van der Waals surface area (Å²) in [6.07, 6.45) is 3.49. The van der Waals surface area contributed by atoms with Crippen molar-refractivity contribution < 1.29 is 9.50 Å². The lowest BCUT2D eigenvalue weighted by atomic mass is 10.00. The Hall–Kier alpha value is -0.890. The molecule has 1 N–H and O–H groups in total. The SMILES string of the molecule is OC(c1ccc(F)cc1)C1C2CCCC21. The molecule has 2 heteroatoms. The number of benzene rings is 1. The van der Waals surface area contributed by atoms with E-state index in [1.807, 2.05) is 0 Å². The molecule has 0 aliphatic heterocycles. The van der Waals surface area contributed by atoms with Crippen molar-refractivity contribution >= 4 is 0 Å². The van der Waals surface area contributed by atoms with Crippen LogP contribution in [0.5, 0.6) is 0 Å². The third kappa shape index (κ3) is 1.48. The van der Waals surface area contributed by atoms with Crippen LogP contribution in [0.3, 0.4) is 0 Å². The maximum Gasteiger partial charge on any atom is 0.123 e. The van der Waals surface area contributed by atoms with Crippen LogP contribution in [0, 0.1) is 23.6 Å². The topological polar surface area (TPSA) is 20.2 Å². The average Bonchev–Trinajstić information content (AvgIpc) is 2.72. The molecule has 0 bridgehead atoms. The molecule has 0 aromatic heterocycles. The van der Waals surface area contributed by atoms with E-state index in [4.69, 9.17) is 0 Å². The fraction of sp³-hybridized carbons (Fsp3) is 0.538. The van der Waals surface area contributed by atoms with Gasteiger partial charge in [-0.25, -0.2) is 4.39 Å². The van der Waals surface area contributed by atoms with Crippen LogP contribution in [-0.4, -0.2) is 5.11 Å². The van der Waals surface area contributed by atoms with Crippen molar-refractivity contribution in [1.29, 1.82) is 0 Å². The lowest BCUT2D eigenvalue weighted by Gasteiger charge is -2.12. The normalized spacial score (nSPS) is 34.9. The van der Waals surface area contributed by atoms with E-state index >= 15 is 0 Å². The van der Waals surface area contributed by atoms with E-state index in [0.29, 0.717) is 5.92 Å². The van der Waals surface area contributed by atoms with E-state index in [1.165, 1.54) is 31.4 Å². The van der Waals surface area contributed by atoms with Crippen molar-refractivity contribution in [1.82, 2.24) is 0 Å². The zero-order valence-electron chi connectivity index (χ0n) is 8.57. The first-order valence-corrected chi connectivity index (χ1v) is 5.71. The highest BCUT2D eigenvalue weighted by molar-refractivity contribution is 5.22. The fourth-order valence-corrected chi connectivity index (χ4v) is 3.23. The van der Waals surface area contributed by atoms with Gasteiger partial charge in [-0.2, -0.15) is 0 Å². The second-order valence-corrected chi connectivity index (χ2v) is 4.83. The molecular formula is C13H15FO. The summed E-state index contributed by atoms with van der Waals surface area (Å²) >= 11 is 0. The Kier molecular flexibility index (Phi) is 2.06. The molecule has 1 aromatic carbocycles. The minimum absolute atomic E-state index is 0.234. The van der Waals surface area contributed by atoms with Gasteiger partial charge in [-0.1, -0.05) is 18.6 Å². The van der Waals surface area contributed by atoms with Gasteiger partial charge in [0.05, 0.1) is 6.10 Å². The van der Waals surface area contributed by atoms with E-state index < -0.39 is 0 Å². The number of hydrogen-bond donors (Lipinski definition) is 1. The molecule has 1 aromatic rings.